The summed E-state index contributed by atoms with van der Waals surface area (Å²) in [6.07, 6.45) is 7.68. The highest BCUT2D eigenvalue weighted by Gasteiger charge is 2.21. The van der Waals surface area contributed by atoms with Gasteiger partial charge in [-0.1, -0.05) is 13.0 Å². The molecule has 1 atom stereocenters. The smallest absolute Gasteiger partial charge is 0.177 e. The number of nitrogen functional groups attached to an aromatic ring is 1. The fourth-order valence-electron chi connectivity index (χ4n) is 2.94. The summed E-state index contributed by atoms with van der Waals surface area (Å²) in [5, 5.41) is 8.94. The first-order valence-corrected chi connectivity index (χ1v) is 7.10. The van der Waals surface area contributed by atoms with Gasteiger partial charge in [-0.3, -0.25) is 4.68 Å². The number of aromatic nitrogens is 4. The Bertz CT molecular complexity index is 662. The fourth-order valence-corrected chi connectivity index (χ4v) is 2.94. The Hall–Kier alpha value is -2.04. The van der Waals surface area contributed by atoms with Crippen molar-refractivity contribution in [2.45, 2.75) is 33.1 Å². The van der Waals surface area contributed by atoms with Crippen LogP contribution in [0.4, 0.5) is 5.82 Å². The van der Waals surface area contributed by atoms with Crippen molar-refractivity contribution in [1.29, 1.82) is 0 Å². The van der Waals surface area contributed by atoms with Gasteiger partial charge in [-0.2, -0.15) is 14.9 Å². The first-order chi connectivity index (χ1) is 9.56. The third kappa shape index (κ3) is 2.13. The molecule has 106 valence electrons. The molecule has 0 amide bonds. The molecule has 0 aromatic carbocycles. The van der Waals surface area contributed by atoms with Crippen LogP contribution in [0, 0.1) is 12.8 Å². The summed E-state index contributed by atoms with van der Waals surface area (Å²) < 4.78 is 3.50. The molecule has 20 heavy (non-hydrogen) atoms. The topological polar surface area (TPSA) is 61.7 Å². The SMILES string of the molecule is Cc1nn(-c2ccn(C)n2)c(N)c1C1=CCCC(C)C1. The zero-order valence-electron chi connectivity index (χ0n) is 12.3. The summed E-state index contributed by atoms with van der Waals surface area (Å²) in [5.74, 6) is 2.18. The van der Waals surface area contributed by atoms with Gasteiger partial charge in [0.15, 0.2) is 5.82 Å². The highest BCUT2D eigenvalue weighted by Crippen LogP contribution is 2.35. The molecule has 3 rings (SSSR count). The summed E-state index contributed by atoms with van der Waals surface area (Å²) in [6, 6.07) is 1.92. The average Bonchev–Trinajstić information content (AvgIpc) is 2.93. The largest absolute Gasteiger partial charge is 0.383 e. The van der Waals surface area contributed by atoms with Crippen LogP contribution in [0.1, 0.15) is 37.4 Å². The van der Waals surface area contributed by atoms with E-state index in [0.29, 0.717) is 11.7 Å². The molecular formula is C15H21N5. The van der Waals surface area contributed by atoms with E-state index in [1.807, 2.05) is 26.2 Å². The summed E-state index contributed by atoms with van der Waals surface area (Å²) in [6.45, 7) is 4.31. The van der Waals surface area contributed by atoms with Crippen LogP contribution < -0.4 is 5.73 Å². The quantitative estimate of drug-likeness (QED) is 0.913. The number of anilines is 1. The molecule has 0 saturated carbocycles. The van der Waals surface area contributed by atoms with Gasteiger partial charge in [-0.05, 0) is 37.7 Å². The van der Waals surface area contributed by atoms with E-state index in [9.17, 15) is 0 Å². The third-order valence-corrected chi connectivity index (χ3v) is 3.95. The van der Waals surface area contributed by atoms with Crippen molar-refractivity contribution in [1.82, 2.24) is 19.6 Å². The number of nitrogens with zero attached hydrogens (tertiary/aromatic N) is 4. The van der Waals surface area contributed by atoms with Crippen molar-refractivity contribution in [2.24, 2.45) is 13.0 Å². The normalized spacial score (nSPS) is 19.1. The minimum absolute atomic E-state index is 0.696. The average molecular weight is 271 g/mol. The number of aryl methyl sites for hydroxylation is 2. The predicted molar refractivity (Wildman–Crippen MR) is 80.5 cm³/mol. The molecule has 5 heteroatoms. The molecule has 1 aliphatic carbocycles. The Labute approximate surface area is 119 Å². The first-order valence-electron chi connectivity index (χ1n) is 7.10. The zero-order chi connectivity index (χ0) is 14.3. The molecule has 2 heterocycles. The number of nitrogens with two attached hydrogens (primary N) is 1. The molecule has 0 aliphatic heterocycles. The zero-order valence-corrected chi connectivity index (χ0v) is 12.3. The maximum Gasteiger partial charge on any atom is 0.177 e. The lowest BCUT2D eigenvalue weighted by Crippen LogP contribution is -2.06. The number of rotatable bonds is 2. The molecule has 0 spiro atoms. The highest BCUT2D eigenvalue weighted by molar-refractivity contribution is 5.76. The lowest BCUT2D eigenvalue weighted by Gasteiger charge is -2.19. The minimum atomic E-state index is 0.696. The second-order valence-electron chi connectivity index (χ2n) is 5.72. The van der Waals surface area contributed by atoms with Crippen molar-refractivity contribution in [3.8, 4) is 5.82 Å². The van der Waals surface area contributed by atoms with Gasteiger partial charge in [0.25, 0.3) is 0 Å². The summed E-state index contributed by atoms with van der Waals surface area (Å²) in [7, 11) is 1.89. The Morgan fingerprint density at radius 3 is 2.80 bits per heavy atom. The van der Waals surface area contributed by atoms with E-state index in [-0.39, 0.29) is 0 Å². The Morgan fingerprint density at radius 1 is 1.35 bits per heavy atom. The molecule has 0 bridgehead atoms. The lowest BCUT2D eigenvalue weighted by molar-refractivity contribution is 0.536. The second-order valence-corrected chi connectivity index (χ2v) is 5.72. The number of allylic oxidation sites excluding steroid dienone is 2. The molecule has 2 N–H and O–H groups in total. The minimum Gasteiger partial charge on any atom is -0.383 e. The molecule has 2 aromatic heterocycles. The van der Waals surface area contributed by atoms with Gasteiger partial charge >= 0.3 is 0 Å². The third-order valence-electron chi connectivity index (χ3n) is 3.95. The van der Waals surface area contributed by atoms with Crippen molar-refractivity contribution < 1.29 is 0 Å². The monoisotopic (exact) mass is 271 g/mol. The summed E-state index contributed by atoms with van der Waals surface area (Å²) >= 11 is 0. The van der Waals surface area contributed by atoms with E-state index in [1.54, 1.807) is 9.36 Å². The van der Waals surface area contributed by atoms with Gasteiger partial charge in [0, 0.05) is 24.9 Å². The molecule has 0 radical (unpaired) electrons. The van der Waals surface area contributed by atoms with E-state index < -0.39 is 0 Å². The van der Waals surface area contributed by atoms with E-state index in [1.165, 1.54) is 12.0 Å². The lowest BCUT2D eigenvalue weighted by atomic mass is 9.86. The van der Waals surface area contributed by atoms with Gasteiger partial charge < -0.3 is 5.73 Å². The Morgan fingerprint density at radius 2 is 2.15 bits per heavy atom. The standard InChI is InChI=1S/C15H21N5/c1-10-5-4-6-12(9-10)14-11(2)17-20(15(14)16)13-7-8-19(3)18-13/h6-8,10H,4-5,9,16H2,1-3H3. The number of hydrogen-bond donors (Lipinski definition) is 1. The predicted octanol–water partition coefficient (Wildman–Crippen LogP) is 2.70. The van der Waals surface area contributed by atoms with Crippen molar-refractivity contribution >= 4 is 11.4 Å². The van der Waals surface area contributed by atoms with Crippen LogP contribution in [0.2, 0.25) is 0 Å². The molecule has 2 aromatic rings. The van der Waals surface area contributed by atoms with Crippen molar-refractivity contribution in [3.63, 3.8) is 0 Å². The fraction of sp³-hybridized carbons (Fsp3) is 0.467. The van der Waals surface area contributed by atoms with Gasteiger partial charge in [-0.25, -0.2) is 0 Å². The van der Waals surface area contributed by atoms with Gasteiger partial charge in [0.05, 0.1) is 5.69 Å². The maximum atomic E-state index is 6.33. The summed E-state index contributed by atoms with van der Waals surface area (Å²) in [5.41, 5.74) is 9.75. The molecule has 1 unspecified atom stereocenters. The molecule has 0 saturated heterocycles. The maximum absolute atomic E-state index is 6.33. The molecule has 1 aliphatic rings. The van der Waals surface area contributed by atoms with Gasteiger partial charge in [-0.15, -0.1) is 0 Å². The van der Waals surface area contributed by atoms with E-state index in [4.69, 9.17) is 5.73 Å². The van der Waals surface area contributed by atoms with Crippen LogP contribution in [0.3, 0.4) is 0 Å². The number of hydrogen-bond acceptors (Lipinski definition) is 3. The summed E-state index contributed by atoms with van der Waals surface area (Å²) in [4.78, 5) is 0. The van der Waals surface area contributed by atoms with Crippen LogP contribution in [0.25, 0.3) is 11.4 Å². The van der Waals surface area contributed by atoms with Gasteiger partial charge in [0.1, 0.15) is 5.82 Å². The van der Waals surface area contributed by atoms with Crippen LogP contribution in [-0.2, 0) is 7.05 Å². The molecule has 5 nitrogen and oxygen atoms in total. The Balaban J connectivity index is 2.05. The van der Waals surface area contributed by atoms with Crippen LogP contribution >= 0.6 is 0 Å². The highest BCUT2D eigenvalue weighted by atomic mass is 15.4. The van der Waals surface area contributed by atoms with Crippen LogP contribution in [0.5, 0.6) is 0 Å². The van der Waals surface area contributed by atoms with Crippen molar-refractivity contribution in [3.05, 3.63) is 29.6 Å². The Kier molecular flexibility index (Phi) is 3.12. The first kappa shape index (κ1) is 13.0. The van der Waals surface area contributed by atoms with Gasteiger partial charge in [0.2, 0.25) is 0 Å². The van der Waals surface area contributed by atoms with E-state index >= 15 is 0 Å². The van der Waals surface area contributed by atoms with Crippen LogP contribution in [0.15, 0.2) is 18.3 Å². The van der Waals surface area contributed by atoms with Crippen molar-refractivity contribution in [2.75, 3.05) is 5.73 Å². The molecule has 0 fully saturated rings. The van der Waals surface area contributed by atoms with Crippen LogP contribution in [-0.4, -0.2) is 19.6 Å². The van der Waals surface area contributed by atoms with E-state index in [2.05, 4.69) is 23.2 Å². The second kappa shape index (κ2) is 4.81. The molecular weight excluding hydrogens is 250 g/mol. The van der Waals surface area contributed by atoms with E-state index in [0.717, 1.165) is 29.9 Å².